The van der Waals surface area contributed by atoms with Crippen molar-refractivity contribution in [2.45, 2.75) is 0 Å². The molecule has 0 atom stereocenters. The van der Waals surface area contributed by atoms with Crippen molar-refractivity contribution in [2.24, 2.45) is 20.5 Å². The summed E-state index contributed by atoms with van der Waals surface area (Å²) in [4.78, 5) is 0. The summed E-state index contributed by atoms with van der Waals surface area (Å²) in [5.41, 5.74) is 31.9. The third kappa shape index (κ3) is 5.37. The van der Waals surface area contributed by atoms with E-state index in [1.807, 2.05) is 109 Å². The van der Waals surface area contributed by atoms with Crippen LogP contribution in [0.1, 0.15) is 11.1 Å². The SMILES string of the molecule is Nc1cccc2c(/N=N/c3ccc(/C=C/c4ccc(/N=N/c5ccc(N)c6c(N)cccc56)cc4)cc3)ccc(N)c12. The number of hydrogen-bond donors (Lipinski definition) is 4. The third-order valence-electron chi connectivity index (χ3n) is 6.96. The molecule has 0 fully saturated rings. The summed E-state index contributed by atoms with van der Waals surface area (Å²) in [6.07, 6.45) is 4.08. The Kier molecular flexibility index (Phi) is 7.01. The first kappa shape index (κ1) is 26.2. The molecule has 0 aromatic heterocycles. The first-order valence-corrected chi connectivity index (χ1v) is 13.3. The molecule has 0 bridgehead atoms. The average Bonchev–Trinajstić information content (AvgIpc) is 3.00. The molecular formula is C34H28N8. The zero-order chi connectivity index (χ0) is 29.1. The molecule has 6 aromatic carbocycles. The van der Waals surface area contributed by atoms with Crippen molar-refractivity contribution in [1.82, 2.24) is 0 Å². The molecule has 0 saturated carbocycles. The number of nitrogens with two attached hydrogens (primary N) is 4. The molecule has 0 saturated heterocycles. The average molecular weight is 549 g/mol. The molecule has 0 aliphatic carbocycles. The van der Waals surface area contributed by atoms with Gasteiger partial charge in [0.2, 0.25) is 0 Å². The number of nitrogens with zero attached hydrogens (tertiary/aromatic N) is 4. The van der Waals surface area contributed by atoms with Gasteiger partial charge in [0.15, 0.2) is 0 Å². The number of hydrogen-bond acceptors (Lipinski definition) is 8. The van der Waals surface area contributed by atoms with Crippen molar-refractivity contribution in [1.29, 1.82) is 0 Å². The van der Waals surface area contributed by atoms with Gasteiger partial charge in [0.1, 0.15) is 0 Å². The largest absolute Gasteiger partial charge is 0.398 e. The molecule has 0 heterocycles. The highest BCUT2D eigenvalue weighted by atomic mass is 15.1. The maximum absolute atomic E-state index is 6.11. The van der Waals surface area contributed by atoms with E-state index < -0.39 is 0 Å². The van der Waals surface area contributed by atoms with E-state index in [1.54, 1.807) is 12.1 Å². The Labute approximate surface area is 242 Å². The maximum Gasteiger partial charge on any atom is 0.0937 e. The lowest BCUT2D eigenvalue weighted by Crippen LogP contribution is -1.92. The van der Waals surface area contributed by atoms with Crippen LogP contribution in [0.3, 0.4) is 0 Å². The molecule has 8 nitrogen and oxygen atoms in total. The predicted molar refractivity (Wildman–Crippen MR) is 176 cm³/mol. The fourth-order valence-corrected chi connectivity index (χ4v) is 4.79. The van der Waals surface area contributed by atoms with Gasteiger partial charge in [-0.2, -0.15) is 10.2 Å². The molecule has 0 amide bonds. The molecule has 42 heavy (non-hydrogen) atoms. The van der Waals surface area contributed by atoms with Gasteiger partial charge in [-0.1, -0.05) is 60.7 Å². The summed E-state index contributed by atoms with van der Waals surface area (Å²) in [6, 6.07) is 34.3. The van der Waals surface area contributed by atoms with Gasteiger partial charge < -0.3 is 22.9 Å². The molecule has 0 radical (unpaired) electrons. The van der Waals surface area contributed by atoms with Gasteiger partial charge in [0.25, 0.3) is 0 Å². The van der Waals surface area contributed by atoms with Gasteiger partial charge >= 0.3 is 0 Å². The maximum atomic E-state index is 6.11. The number of fused-ring (bicyclic) bond motifs is 2. The van der Waals surface area contributed by atoms with Crippen LogP contribution in [0.15, 0.2) is 130 Å². The quantitative estimate of drug-likeness (QED) is 0.0929. The van der Waals surface area contributed by atoms with Crippen molar-refractivity contribution in [3.8, 4) is 0 Å². The van der Waals surface area contributed by atoms with E-state index in [9.17, 15) is 0 Å². The Balaban J connectivity index is 1.13. The van der Waals surface area contributed by atoms with Gasteiger partial charge in [-0.15, -0.1) is 10.2 Å². The van der Waals surface area contributed by atoms with Crippen LogP contribution in [0.25, 0.3) is 33.7 Å². The molecule has 8 N–H and O–H groups in total. The Morgan fingerprint density at radius 2 is 0.762 bits per heavy atom. The second-order valence-corrected chi connectivity index (χ2v) is 9.80. The van der Waals surface area contributed by atoms with Gasteiger partial charge in [-0.25, -0.2) is 0 Å². The minimum Gasteiger partial charge on any atom is -0.398 e. The molecular weight excluding hydrogens is 520 g/mol. The smallest absolute Gasteiger partial charge is 0.0937 e. The summed E-state index contributed by atoms with van der Waals surface area (Å²) in [7, 11) is 0. The second kappa shape index (κ2) is 11.2. The van der Waals surface area contributed by atoms with Gasteiger partial charge in [-0.3, -0.25) is 0 Å². The van der Waals surface area contributed by atoms with Crippen LogP contribution in [0.2, 0.25) is 0 Å². The first-order valence-electron chi connectivity index (χ1n) is 13.3. The fraction of sp³-hybridized carbons (Fsp3) is 0. The topological polar surface area (TPSA) is 154 Å². The zero-order valence-electron chi connectivity index (χ0n) is 22.6. The van der Waals surface area contributed by atoms with E-state index >= 15 is 0 Å². The lowest BCUT2D eigenvalue weighted by molar-refractivity contribution is 1.24. The van der Waals surface area contributed by atoms with Crippen molar-refractivity contribution in [3.63, 3.8) is 0 Å². The van der Waals surface area contributed by atoms with Crippen LogP contribution in [0, 0.1) is 0 Å². The standard InChI is InChI=1S/C34H28N8/c35-27-5-1-3-25-31(19-17-29(37)33(25)27)41-39-23-13-9-21(10-14-23)7-8-22-11-15-24(16-12-22)40-42-32-20-18-30(38)34-26(32)4-2-6-28(34)36/h1-20H,35-38H2/b8-7+,41-39+,42-40+. The Hall–Kier alpha value is -6.02. The monoisotopic (exact) mass is 548 g/mol. The first-order chi connectivity index (χ1) is 20.5. The Morgan fingerprint density at radius 1 is 0.381 bits per heavy atom. The number of azo groups is 2. The van der Waals surface area contributed by atoms with Gasteiger partial charge in [0.05, 0.1) is 22.7 Å². The second-order valence-electron chi connectivity index (χ2n) is 9.80. The molecule has 6 rings (SSSR count). The van der Waals surface area contributed by atoms with Crippen LogP contribution in [-0.4, -0.2) is 0 Å². The molecule has 0 spiro atoms. The van der Waals surface area contributed by atoms with Crippen molar-refractivity contribution in [3.05, 3.63) is 120 Å². The number of benzene rings is 6. The lowest BCUT2D eigenvalue weighted by Gasteiger charge is -2.07. The summed E-state index contributed by atoms with van der Waals surface area (Å²) in [5, 5.41) is 21.0. The summed E-state index contributed by atoms with van der Waals surface area (Å²) < 4.78 is 0. The summed E-state index contributed by atoms with van der Waals surface area (Å²) in [5.74, 6) is 0. The number of nitrogen functional groups attached to an aromatic ring is 4. The normalized spacial score (nSPS) is 11.9. The van der Waals surface area contributed by atoms with Crippen LogP contribution in [0.5, 0.6) is 0 Å². The van der Waals surface area contributed by atoms with E-state index in [0.29, 0.717) is 34.1 Å². The van der Waals surface area contributed by atoms with E-state index in [4.69, 9.17) is 22.9 Å². The minimum absolute atomic E-state index is 0.620. The van der Waals surface area contributed by atoms with Gasteiger partial charge in [-0.05, 0) is 71.8 Å². The summed E-state index contributed by atoms with van der Waals surface area (Å²) >= 11 is 0. The van der Waals surface area contributed by atoms with E-state index in [0.717, 1.165) is 44.0 Å². The highest BCUT2D eigenvalue weighted by Gasteiger charge is 2.08. The Bertz CT molecular complexity index is 1840. The highest BCUT2D eigenvalue weighted by molar-refractivity contribution is 6.07. The van der Waals surface area contributed by atoms with Crippen LogP contribution in [-0.2, 0) is 0 Å². The Morgan fingerprint density at radius 3 is 1.17 bits per heavy atom. The van der Waals surface area contributed by atoms with Crippen molar-refractivity contribution >= 4 is 79.2 Å². The molecule has 8 heteroatoms. The molecule has 0 unspecified atom stereocenters. The van der Waals surface area contributed by atoms with Crippen molar-refractivity contribution in [2.75, 3.05) is 22.9 Å². The predicted octanol–water partition coefficient (Wildman–Crippen LogP) is 9.32. The van der Waals surface area contributed by atoms with E-state index in [2.05, 4.69) is 20.5 Å². The fourth-order valence-electron chi connectivity index (χ4n) is 4.79. The molecule has 0 aliphatic rings. The van der Waals surface area contributed by atoms with Crippen LogP contribution < -0.4 is 22.9 Å². The molecule has 0 aliphatic heterocycles. The van der Waals surface area contributed by atoms with Crippen LogP contribution in [0.4, 0.5) is 45.5 Å². The van der Waals surface area contributed by atoms with Crippen LogP contribution >= 0.6 is 0 Å². The molecule has 6 aromatic rings. The zero-order valence-corrected chi connectivity index (χ0v) is 22.6. The summed E-state index contributed by atoms with van der Waals surface area (Å²) in [6.45, 7) is 0. The minimum atomic E-state index is 0.620. The highest BCUT2D eigenvalue weighted by Crippen LogP contribution is 2.36. The van der Waals surface area contributed by atoms with Crippen molar-refractivity contribution < 1.29 is 0 Å². The van der Waals surface area contributed by atoms with E-state index in [-0.39, 0.29) is 0 Å². The lowest BCUT2D eigenvalue weighted by atomic mass is 10.1. The number of anilines is 4. The van der Waals surface area contributed by atoms with Gasteiger partial charge in [0, 0.05) is 44.3 Å². The van der Waals surface area contributed by atoms with E-state index in [1.165, 1.54) is 0 Å². The number of rotatable bonds is 6. The third-order valence-corrected chi connectivity index (χ3v) is 6.96. The molecule has 204 valence electrons.